The second-order valence-corrected chi connectivity index (χ2v) is 6.30. The number of ether oxygens (including phenoxy) is 1. The number of aromatic nitrogens is 1. The van der Waals surface area contributed by atoms with E-state index in [0.29, 0.717) is 17.9 Å². The highest BCUT2D eigenvalue weighted by Crippen LogP contribution is 2.32. The number of rotatable bonds is 3. The van der Waals surface area contributed by atoms with Gasteiger partial charge >= 0.3 is 5.97 Å². The van der Waals surface area contributed by atoms with Crippen LogP contribution in [0.25, 0.3) is 0 Å². The van der Waals surface area contributed by atoms with Gasteiger partial charge in [0.25, 0.3) is 0 Å². The highest BCUT2D eigenvalue weighted by atomic mass is 16.5. The van der Waals surface area contributed by atoms with Crippen molar-refractivity contribution in [2.75, 3.05) is 25.1 Å². The Morgan fingerprint density at radius 3 is 2.95 bits per heavy atom. The van der Waals surface area contributed by atoms with Gasteiger partial charge in [-0.1, -0.05) is 0 Å². The fourth-order valence-corrected chi connectivity index (χ4v) is 3.41. The molecule has 1 aromatic heterocycles. The first-order valence-electron chi connectivity index (χ1n) is 7.58. The summed E-state index contributed by atoms with van der Waals surface area (Å²) in [4.78, 5) is 18.4. The molecule has 1 fully saturated rings. The van der Waals surface area contributed by atoms with Crippen molar-refractivity contribution in [2.24, 2.45) is 0 Å². The number of carboxylic acids is 1. The normalized spacial score (nSPS) is 25.0. The van der Waals surface area contributed by atoms with E-state index in [1.807, 2.05) is 6.07 Å². The van der Waals surface area contributed by atoms with E-state index in [2.05, 4.69) is 16.8 Å². The number of aromatic carboxylic acids is 1. The van der Waals surface area contributed by atoms with E-state index >= 15 is 0 Å². The number of fused-ring (bicyclic) bond motifs is 1. The molecule has 2 heterocycles. The lowest BCUT2D eigenvalue weighted by molar-refractivity contribution is -0.00489. The highest BCUT2D eigenvalue weighted by molar-refractivity contribution is 5.93. The van der Waals surface area contributed by atoms with Crippen molar-refractivity contribution >= 4 is 11.8 Å². The summed E-state index contributed by atoms with van der Waals surface area (Å²) < 4.78 is 5.61. The van der Waals surface area contributed by atoms with E-state index in [1.54, 1.807) is 7.11 Å². The molecule has 3 rings (SSSR count). The van der Waals surface area contributed by atoms with Crippen LogP contribution >= 0.6 is 0 Å². The van der Waals surface area contributed by atoms with Crippen molar-refractivity contribution in [2.45, 2.75) is 44.6 Å². The van der Waals surface area contributed by atoms with Crippen molar-refractivity contribution in [3.05, 3.63) is 22.9 Å². The average Bonchev–Trinajstić information content (AvgIpc) is 2.93. The maximum atomic E-state index is 11.6. The summed E-state index contributed by atoms with van der Waals surface area (Å²) in [6, 6.07) is 1.83. The molecule has 1 unspecified atom stereocenters. The van der Waals surface area contributed by atoms with Gasteiger partial charge in [0.15, 0.2) is 0 Å². The van der Waals surface area contributed by atoms with Crippen molar-refractivity contribution in [3.63, 3.8) is 0 Å². The lowest BCUT2D eigenvalue weighted by atomic mass is 9.94. The summed E-state index contributed by atoms with van der Waals surface area (Å²) in [5, 5.41) is 9.52. The highest BCUT2D eigenvalue weighted by Gasteiger charge is 2.33. The number of carbonyl (C=O) groups is 1. The van der Waals surface area contributed by atoms with Crippen LogP contribution in [0.4, 0.5) is 5.82 Å². The zero-order valence-electron chi connectivity index (χ0n) is 12.7. The van der Waals surface area contributed by atoms with Crippen LogP contribution in [0.1, 0.15) is 47.8 Å². The largest absolute Gasteiger partial charge is 0.478 e. The first-order valence-corrected chi connectivity index (χ1v) is 7.58. The quantitative estimate of drug-likeness (QED) is 0.925. The zero-order chi connectivity index (χ0) is 15.0. The smallest absolute Gasteiger partial charge is 0.339 e. The average molecular weight is 290 g/mol. The number of carboxylic acid groups (broad SMARTS) is 1. The Kier molecular flexibility index (Phi) is 3.61. The van der Waals surface area contributed by atoms with Gasteiger partial charge in [0.05, 0.1) is 5.60 Å². The van der Waals surface area contributed by atoms with Crippen LogP contribution in [0.5, 0.6) is 0 Å². The summed E-state index contributed by atoms with van der Waals surface area (Å²) in [5.74, 6) is -0.275. The summed E-state index contributed by atoms with van der Waals surface area (Å²) in [6.45, 7) is 3.60. The van der Waals surface area contributed by atoms with E-state index in [4.69, 9.17) is 4.74 Å². The molecule has 1 aromatic rings. The Morgan fingerprint density at radius 2 is 2.24 bits per heavy atom. The van der Waals surface area contributed by atoms with Crippen LogP contribution in [-0.2, 0) is 17.6 Å². The first-order chi connectivity index (χ1) is 10.0. The van der Waals surface area contributed by atoms with Gasteiger partial charge in [-0.2, -0.15) is 0 Å². The molecule has 0 amide bonds. The molecule has 0 bridgehead atoms. The summed E-state index contributed by atoms with van der Waals surface area (Å²) in [7, 11) is 1.72. The molecule has 1 saturated heterocycles. The molecular formula is C16H22N2O3. The van der Waals surface area contributed by atoms with Crippen molar-refractivity contribution < 1.29 is 14.6 Å². The van der Waals surface area contributed by atoms with Crippen molar-refractivity contribution in [1.82, 2.24) is 4.98 Å². The third kappa shape index (κ3) is 2.62. The van der Waals surface area contributed by atoms with Gasteiger partial charge in [0, 0.05) is 25.9 Å². The number of pyridine rings is 1. The zero-order valence-corrected chi connectivity index (χ0v) is 12.7. The van der Waals surface area contributed by atoms with E-state index < -0.39 is 5.97 Å². The van der Waals surface area contributed by atoms with Gasteiger partial charge in [0.1, 0.15) is 11.4 Å². The van der Waals surface area contributed by atoms with Crippen LogP contribution < -0.4 is 4.90 Å². The molecule has 2 aliphatic rings. The number of aryl methyl sites for hydroxylation is 2. The minimum atomic E-state index is -0.892. The van der Waals surface area contributed by atoms with Crippen LogP contribution in [0.2, 0.25) is 0 Å². The van der Waals surface area contributed by atoms with Gasteiger partial charge in [-0.05, 0) is 50.7 Å². The first kappa shape index (κ1) is 14.3. The minimum absolute atomic E-state index is 0.227. The lowest BCUT2D eigenvalue weighted by Gasteiger charge is -2.40. The molecule has 0 saturated carbocycles. The number of hydrogen-bond acceptors (Lipinski definition) is 4. The Bertz CT molecular complexity index is 573. The Morgan fingerprint density at radius 1 is 1.43 bits per heavy atom. The molecule has 1 aliphatic carbocycles. The molecule has 1 atom stereocenters. The SMILES string of the molecule is COC1(C)CCCN(c2nc3c(cc2C(=O)O)CCC3)C1. The summed E-state index contributed by atoms with van der Waals surface area (Å²) in [5.41, 5.74) is 2.27. The van der Waals surface area contributed by atoms with Crippen molar-refractivity contribution in [3.8, 4) is 0 Å². The molecule has 114 valence electrons. The summed E-state index contributed by atoms with van der Waals surface area (Å²) in [6.07, 6.45) is 4.95. The lowest BCUT2D eigenvalue weighted by Crippen LogP contribution is -2.48. The van der Waals surface area contributed by atoms with Crippen LogP contribution in [0, 0.1) is 0 Å². The molecule has 0 radical (unpaired) electrons. The molecule has 1 aliphatic heterocycles. The number of piperidine rings is 1. The second kappa shape index (κ2) is 5.30. The van der Waals surface area contributed by atoms with Gasteiger partial charge in [-0.15, -0.1) is 0 Å². The topological polar surface area (TPSA) is 62.7 Å². The van der Waals surface area contributed by atoms with E-state index in [1.165, 1.54) is 0 Å². The van der Waals surface area contributed by atoms with Crippen molar-refractivity contribution in [1.29, 1.82) is 0 Å². The maximum absolute atomic E-state index is 11.6. The molecule has 0 spiro atoms. The number of nitrogens with zero attached hydrogens (tertiary/aromatic N) is 2. The van der Waals surface area contributed by atoms with Crippen LogP contribution in [-0.4, -0.2) is 41.9 Å². The monoisotopic (exact) mass is 290 g/mol. The van der Waals surface area contributed by atoms with E-state index in [0.717, 1.165) is 49.9 Å². The molecule has 5 heteroatoms. The third-order valence-electron chi connectivity index (χ3n) is 4.71. The Balaban J connectivity index is 1.99. The number of hydrogen-bond donors (Lipinski definition) is 1. The second-order valence-electron chi connectivity index (χ2n) is 6.30. The molecule has 0 aromatic carbocycles. The Hall–Kier alpha value is -1.62. The van der Waals surface area contributed by atoms with E-state index in [9.17, 15) is 9.90 Å². The minimum Gasteiger partial charge on any atom is -0.478 e. The van der Waals surface area contributed by atoms with Crippen LogP contribution in [0.15, 0.2) is 6.07 Å². The number of methoxy groups -OCH3 is 1. The fourth-order valence-electron chi connectivity index (χ4n) is 3.41. The molecule has 1 N–H and O–H groups in total. The molecular weight excluding hydrogens is 268 g/mol. The van der Waals surface area contributed by atoms with Gasteiger partial charge in [-0.3, -0.25) is 0 Å². The van der Waals surface area contributed by atoms with Gasteiger partial charge < -0.3 is 14.7 Å². The van der Waals surface area contributed by atoms with Gasteiger partial charge in [-0.25, -0.2) is 9.78 Å². The summed E-state index contributed by atoms with van der Waals surface area (Å²) >= 11 is 0. The third-order valence-corrected chi connectivity index (χ3v) is 4.71. The fraction of sp³-hybridized carbons (Fsp3) is 0.625. The predicted molar refractivity (Wildman–Crippen MR) is 80.1 cm³/mol. The van der Waals surface area contributed by atoms with E-state index in [-0.39, 0.29) is 5.60 Å². The Labute approximate surface area is 124 Å². The standard InChI is InChI=1S/C16H22N2O3/c1-16(21-2)7-4-8-18(10-16)14-12(15(19)20)9-11-5-3-6-13(11)17-14/h9H,3-8,10H2,1-2H3,(H,19,20). The van der Waals surface area contributed by atoms with Crippen LogP contribution in [0.3, 0.4) is 0 Å². The predicted octanol–water partition coefficient (Wildman–Crippen LogP) is 2.27. The maximum Gasteiger partial charge on any atom is 0.339 e. The van der Waals surface area contributed by atoms with Gasteiger partial charge in [0.2, 0.25) is 0 Å². The molecule has 5 nitrogen and oxygen atoms in total. The molecule has 21 heavy (non-hydrogen) atoms. The number of anilines is 1.